The molecule has 0 saturated carbocycles. The molecule has 1 N–H and O–H groups in total. The summed E-state index contributed by atoms with van der Waals surface area (Å²) >= 11 is 0. The lowest BCUT2D eigenvalue weighted by Gasteiger charge is -2.07. The van der Waals surface area contributed by atoms with Gasteiger partial charge < -0.3 is 10.1 Å². The van der Waals surface area contributed by atoms with Gasteiger partial charge in [0.25, 0.3) is 17.3 Å². The Morgan fingerprint density at radius 1 is 1.13 bits per heavy atom. The Morgan fingerprint density at radius 3 is 2.30 bits per heavy atom. The molecular weight excluding hydrogens is 401 g/mol. The second-order valence-electron chi connectivity index (χ2n) is 6.08. The molecule has 0 fully saturated rings. The average Bonchev–Trinajstić information content (AvgIpc) is 3.17. The van der Waals surface area contributed by atoms with Crippen LogP contribution in [0.3, 0.4) is 0 Å². The van der Waals surface area contributed by atoms with E-state index >= 15 is 0 Å². The Hall–Kier alpha value is -4.35. The minimum absolute atomic E-state index is 0.0383. The van der Waals surface area contributed by atoms with Gasteiger partial charge in [-0.15, -0.1) is 0 Å². The first-order chi connectivity index (χ1) is 14.2. The molecule has 0 saturated heterocycles. The summed E-state index contributed by atoms with van der Waals surface area (Å²) in [6.45, 7) is 1.20. The van der Waals surface area contributed by atoms with E-state index in [2.05, 4.69) is 10.4 Å². The van der Waals surface area contributed by atoms with Crippen molar-refractivity contribution in [3.63, 3.8) is 0 Å². The monoisotopic (exact) mass is 415 g/mol. The number of nitrogens with zero attached hydrogens (tertiary/aromatic N) is 4. The standard InChI is InChI=1S/C18H14FN5O6/c1-11-16(23(26)27)8-13(9-17(11)24(28)29)20-18(25)15-6-7-22(21-15)10-30-14-4-2-12(19)3-5-14/h2-9H,10H2,1H3,(H,20,25). The van der Waals surface area contributed by atoms with Crippen LogP contribution >= 0.6 is 0 Å². The van der Waals surface area contributed by atoms with Crippen molar-refractivity contribution >= 4 is 23.0 Å². The van der Waals surface area contributed by atoms with E-state index in [-0.39, 0.29) is 23.7 Å². The average molecular weight is 415 g/mol. The minimum atomic E-state index is -0.764. The maximum Gasteiger partial charge on any atom is 0.281 e. The Balaban J connectivity index is 1.73. The van der Waals surface area contributed by atoms with Gasteiger partial charge >= 0.3 is 0 Å². The summed E-state index contributed by atoms with van der Waals surface area (Å²) in [5, 5.41) is 28.6. The molecule has 30 heavy (non-hydrogen) atoms. The molecule has 1 heterocycles. The molecule has 0 atom stereocenters. The fourth-order valence-corrected chi connectivity index (χ4v) is 2.56. The fourth-order valence-electron chi connectivity index (χ4n) is 2.56. The van der Waals surface area contributed by atoms with Crippen LogP contribution in [-0.2, 0) is 6.73 Å². The SMILES string of the molecule is Cc1c([N+](=O)[O-])cc(NC(=O)c2ccn(COc3ccc(F)cc3)n2)cc1[N+](=O)[O-]. The third kappa shape index (κ3) is 4.55. The molecule has 0 bridgehead atoms. The van der Waals surface area contributed by atoms with Crippen LogP contribution in [0.5, 0.6) is 5.75 Å². The molecule has 154 valence electrons. The highest BCUT2D eigenvalue weighted by Crippen LogP contribution is 2.31. The third-order valence-corrected chi connectivity index (χ3v) is 4.05. The molecule has 0 radical (unpaired) electrons. The van der Waals surface area contributed by atoms with Crippen molar-refractivity contribution in [1.82, 2.24) is 9.78 Å². The summed E-state index contributed by atoms with van der Waals surface area (Å²) < 4.78 is 19.6. The molecule has 11 nitrogen and oxygen atoms in total. The van der Waals surface area contributed by atoms with Gasteiger partial charge in [-0.3, -0.25) is 25.0 Å². The van der Waals surface area contributed by atoms with Crippen LogP contribution in [0, 0.1) is 33.0 Å². The van der Waals surface area contributed by atoms with Crippen LogP contribution in [0.4, 0.5) is 21.5 Å². The zero-order valence-electron chi connectivity index (χ0n) is 15.4. The normalized spacial score (nSPS) is 10.5. The first-order valence-corrected chi connectivity index (χ1v) is 8.41. The number of rotatable bonds is 7. The molecule has 2 aromatic carbocycles. The van der Waals surface area contributed by atoms with Gasteiger partial charge in [0.15, 0.2) is 12.4 Å². The molecule has 1 amide bonds. The highest BCUT2D eigenvalue weighted by atomic mass is 19.1. The predicted octanol–water partition coefficient (Wildman–Crippen LogP) is 3.44. The van der Waals surface area contributed by atoms with Gasteiger partial charge in [-0.1, -0.05) is 0 Å². The van der Waals surface area contributed by atoms with Gasteiger partial charge in [-0.05, 0) is 37.3 Å². The first-order valence-electron chi connectivity index (χ1n) is 8.41. The lowest BCUT2D eigenvalue weighted by Crippen LogP contribution is -2.15. The van der Waals surface area contributed by atoms with Gasteiger partial charge in [0, 0.05) is 18.3 Å². The summed E-state index contributed by atoms with van der Waals surface area (Å²) in [5.74, 6) is -0.725. The van der Waals surface area contributed by atoms with Gasteiger partial charge in [-0.25, -0.2) is 9.07 Å². The summed E-state index contributed by atoms with van der Waals surface area (Å²) in [4.78, 5) is 33.1. The zero-order valence-corrected chi connectivity index (χ0v) is 15.4. The summed E-state index contributed by atoms with van der Waals surface area (Å²) in [6.07, 6.45) is 1.46. The number of nitro benzene ring substituents is 2. The highest BCUT2D eigenvalue weighted by Gasteiger charge is 2.24. The van der Waals surface area contributed by atoms with Gasteiger partial charge in [0.1, 0.15) is 17.1 Å². The maximum absolute atomic E-state index is 12.9. The number of hydrogen-bond acceptors (Lipinski definition) is 7. The van der Waals surface area contributed by atoms with Gasteiger partial charge in [-0.2, -0.15) is 5.10 Å². The van der Waals surface area contributed by atoms with Gasteiger partial charge in [0.05, 0.1) is 15.5 Å². The van der Waals surface area contributed by atoms with Crippen molar-refractivity contribution < 1.29 is 23.8 Å². The number of amides is 1. The van der Waals surface area contributed by atoms with E-state index in [0.717, 1.165) is 12.1 Å². The number of carbonyl (C=O) groups excluding carboxylic acids is 1. The number of aromatic nitrogens is 2. The molecule has 1 aromatic heterocycles. The Kier molecular flexibility index (Phi) is 5.67. The van der Waals surface area contributed by atoms with E-state index < -0.39 is 32.9 Å². The Labute approximate surface area is 168 Å². The van der Waals surface area contributed by atoms with Crippen LogP contribution < -0.4 is 10.1 Å². The van der Waals surface area contributed by atoms with Crippen LogP contribution in [-0.4, -0.2) is 25.5 Å². The number of anilines is 1. The topological polar surface area (TPSA) is 142 Å². The fraction of sp³-hybridized carbons (Fsp3) is 0.111. The van der Waals surface area contributed by atoms with Crippen LogP contribution in [0.1, 0.15) is 16.1 Å². The molecule has 0 aliphatic heterocycles. The van der Waals surface area contributed by atoms with E-state index in [1.54, 1.807) is 0 Å². The van der Waals surface area contributed by atoms with Crippen LogP contribution in [0.15, 0.2) is 48.7 Å². The van der Waals surface area contributed by atoms with Crippen molar-refractivity contribution in [2.45, 2.75) is 13.7 Å². The number of ether oxygens (including phenoxy) is 1. The molecule has 0 unspecified atom stereocenters. The van der Waals surface area contributed by atoms with E-state index in [0.29, 0.717) is 5.75 Å². The second kappa shape index (κ2) is 8.34. The molecule has 0 aliphatic carbocycles. The van der Waals surface area contributed by atoms with Crippen LogP contribution in [0.2, 0.25) is 0 Å². The number of nitrogens with one attached hydrogen (secondary N) is 1. The molecular formula is C18H14FN5O6. The Morgan fingerprint density at radius 2 is 1.73 bits per heavy atom. The van der Waals surface area contributed by atoms with Crippen LogP contribution in [0.25, 0.3) is 0 Å². The lowest BCUT2D eigenvalue weighted by atomic mass is 10.1. The largest absolute Gasteiger partial charge is 0.471 e. The molecule has 3 rings (SSSR count). The molecule has 12 heteroatoms. The van der Waals surface area contributed by atoms with E-state index in [1.165, 1.54) is 48.1 Å². The molecule has 0 aliphatic rings. The summed E-state index contributed by atoms with van der Waals surface area (Å²) in [5.41, 5.74) is -1.25. The van der Waals surface area contributed by atoms with E-state index in [1.807, 2.05) is 0 Å². The van der Waals surface area contributed by atoms with E-state index in [9.17, 15) is 29.4 Å². The predicted molar refractivity (Wildman–Crippen MR) is 102 cm³/mol. The second-order valence-corrected chi connectivity index (χ2v) is 6.08. The molecule has 0 spiro atoms. The summed E-state index contributed by atoms with van der Waals surface area (Å²) in [6, 6.07) is 8.78. The Bertz CT molecular complexity index is 1090. The lowest BCUT2D eigenvalue weighted by molar-refractivity contribution is -0.395. The number of nitro groups is 2. The smallest absolute Gasteiger partial charge is 0.281 e. The van der Waals surface area contributed by atoms with Gasteiger partial charge in [0.2, 0.25) is 0 Å². The number of benzene rings is 2. The number of hydrogen-bond donors (Lipinski definition) is 1. The quantitative estimate of drug-likeness (QED) is 0.460. The number of halogens is 1. The first kappa shape index (κ1) is 20.4. The minimum Gasteiger partial charge on any atom is -0.471 e. The van der Waals surface area contributed by atoms with Crippen molar-refractivity contribution in [1.29, 1.82) is 0 Å². The van der Waals surface area contributed by atoms with E-state index in [4.69, 9.17) is 4.74 Å². The summed E-state index contributed by atoms with van der Waals surface area (Å²) in [7, 11) is 0. The maximum atomic E-state index is 12.9. The third-order valence-electron chi connectivity index (χ3n) is 4.05. The van der Waals surface area contributed by atoms with Crippen molar-refractivity contribution in [2.24, 2.45) is 0 Å². The highest BCUT2D eigenvalue weighted by molar-refractivity contribution is 6.03. The zero-order chi connectivity index (χ0) is 21.8. The number of carbonyl (C=O) groups is 1. The molecule has 3 aromatic rings. The van der Waals surface area contributed by atoms with Crippen molar-refractivity contribution in [3.05, 3.63) is 86.0 Å². The van der Waals surface area contributed by atoms with Crippen molar-refractivity contribution in [2.75, 3.05) is 5.32 Å². The van der Waals surface area contributed by atoms with Crippen molar-refractivity contribution in [3.8, 4) is 5.75 Å².